The molecule has 0 saturated carbocycles. The number of aromatic amines is 1. The van der Waals surface area contributed by atoms with Crippen molar-refractivity contribution in [3.05, 3.63) is 70.3 Å². The molecule has 33 heavy (non-hydrogen) atoms. The summed E-state index contributed by atoms with van der Waals surface area (Å²) < 4.78 is 21.7. The number of benzene rings is 2. The summed E-state index contributed by atoms with van der Waals surface area (Å²) in [5, 5.41) is 0.503. The molecule has 1 N–H and O–H groups in total. The van der Waals surface area contributed by atoms with Crippen molar-refractivity contribution in [3.63, 3.8) is 0 Å². The molecule has 0 fully saturated rings. The van der Waals surface area contributed by atoms with Crippen molar-refractivity contribution in [2.75, 3.05) is 21.3 Å². The lowest BCUT2D eigenvalue weighted by molar-refractivity contribution is 0.355. The summed E-state index contributed by atoms with van der Waals surface area (Å²) in [4.78, 5) is 24.2. The first-order valence-electron chi connectivity index (χ1n) is 10.1. The first-order valence-corrected chi connectivity index (χ1v) is 11.1. The maximum absolute atomic E-state index is 12.2. The van der Waals surface area contributed by atoms with Crippen LogP contribution in [-0.2, 0) is 5.75 Å². The monoisotopic (exact) mass is 465 g/mol. The van der Waals surface area contributed by atoms with Crippen LogP contribution in [0, 0.1) is 6.92 Å². The minimum absolute atomic E-state index is 0.221. The van der Waals surface area contributed by atoms with Crippen LogP contribution in [0.3, 0.4) is 0 Å². The first kappa shape index (κ1) is 22.5. The summed E-state index contributed by atoms with van der Waals surface area (Å²) in [6, 6.07) is 14.4. The molecule has 2 aromatic carbocycles. The van der Waals surface area contributed by atoms with Crippen molar-refractivity contribution >= 4 is 11.8 Å². The van der Waals surface area contributed by atoms with E-state index in [2.05, 4.69) is 15.0 Å². The first-order chi connectivity index (χ1) is 16.0. The maximum atomic E-state index is 12.2. The molecule has 0 aliphatic carbocycles. The van der Waals surface area contributed by atoms with Crippen molar-refractivity contribution in [2.45, 2.75) is 17.8 Å². The Labute approximate surface area is 195 Å². The Morgan fingerprint density at radius 1 is 0.909 bits per heavy atom. The van der Waals surface area contributed by atoms with Crippen LogP contribution in [0.5, 0.6) is 17.2 Å². The quantitative estimate of drug-likeness (QED) is 0.295. The van der Waals surface area contributed by atoms with E-state index in [1.54, 1.807) is 27.4 Å². The number of rotatable bonds is 8. The highest BCUT2D eigenvalue weighted by Crippen LogP contribution is 2.33. The molecule has 0 radical (unpaired) electrons. The Morgan fingerprint density at radius 2 is 1.64 bits per heavy atom. The molecule has 4 aromatic rings. The number of aryl methyl sites for hydroxylation is 1. The minimum atomic E-state index is -0.221. The highest BCUT2D eigenvalue weighted by Gasteiger charge is 2.15. The van der Waals surface area contributed by atoms with Gasteiger partial charge in [0.25, 0.3) is 5.56 Å². The van der Waals surface area contributed by atoms with Crippen molar-refractivity contribution in [1.82, 2.24) is 15.0 Å². The molecule has 0 saturated heterocycles. The number of hydrogen-bond donors (Lipinski definition) is 1. The van der Waals surface area contributed by atoms with Gasteiger partial charge in [0, 0.05) is 22.9 Å². The smallest absolute Gasteiger partial charge is 0.252 e. The Hall–Kier alpha value is -3.72. The lowest BCUT2D eigenvalue weighted by Gasteiger charge is -2.07. The van der Waals surface area contributed by atoms with E-state index < -0.39 is 0 Å². The van der Waals surface area contributed by atoms with Gasteiger partial charge in [0.2, 0.25) is 5.89 Å². The van der Waals surface area contributed by atoms with Gasteiger partial charge in [-0.15, -0.1) is 0 Å². The van der Waals surface area contributed by atoms with Crippen LogP contribution >= 0.6 is 11.8 Å². The van der Waals surface area contributed by atoms with Gasteiger partial charge in [-0.1, -0.05) is 11.8 Å². The number of aromatic nitrogens is 3. The zero-order chi connectivity index (χ0) is 23.4. The molecule has 8 nitrogen and oxygen atoms in total. The fourth-order valence-corrected chi connectivity index (χ4v) is 4.08. The summed E-state index contributed by atoms with van der Waals surface area (Å²) in [6.07, 6.45) is 0. The van der Waals surface area contributed by atoms with Crippen molar-refractivity contribution in [2.24, 2.45) is 0 Å². The summed E-state index contributed by atoms with van der Waals surface area (Å²) in [6.45, 7) is 1.86. The number of hydrogen-bond acceptors (Lipinski definition) is 8. The van der Waals surface area contributed by atoms with Gasteiger partial charge >= 0.3 is 0 Å². The molecule has 9 heteroatoms. The van der Waals surface area contributed by atoms with Crippen molar-refractivity contribution in [3.8, 4) is 40.0 Å². The number of oxazole rings is 1. The van der Waals surface area contributed by atoms with Gasteiger partial charge in [0.1, 0.15) is 11.5 Å². The molecule has 0 aliphatic rings. The van der Waals surface area contributed by atoms with Crippen molar-refractivity contribution < 1.29 is 18.6 Å². The van der Waals surface area contributed by atoms with Crippen LogP contribution in [0.1, 0.15) is 11.5 Å². The Kier molecular flexibility index (Phi) is 6.69. The van der Waals surface area contributed by atoms with Gasteiger partial charge < -0.3 is 23.6 Å². The molecule has 2 aromatic heterocycles. The highest BCUT2D eigenvalue weighted by molar-refractivity contribution is 7.98. The lowest BCUT2D eigenvalue weighted by Crippen LogP contribution is -2.08. The van der Waals surface area contributed by atoms with E-state index in [0.717, 1.165) is 22.6 Å². The molecule has 0 atom stereocenters. The van der Waals surface area contributed by atoms with Gasteiger partial charge in [0.05, 0.1) is 32.7 Å². The van der Waals surface area contributed by atoms with E-state index in [1.165, 1.54) is 17.8 Å². The van der Waals surface area contributed by atoms with E-state index in [4.69, 9.17) is 18.6 Å². The Bertz CT molecular complexity index is 1310. The molecule has 0 aliphatic heterocycles. The van der Waals surface area contributed by atoms with Gasteiger partial charge in [-0.3, -0.25) is 4.79 Å². The van der Waals surface area contributed by atoms with Gasteiger partial charge in [-0.05, 0) is 49.4 Å². The summed E-state index contributed by atoms with van der Waals surface area (Å²) in [5.74, 6) is 3.63. The summed E-state index contributed by atoms with van der Waals surface area (Å²) in [7, 11) is 4.78. The van der Waals surface area contributed by atoms with E-state index in [-0.39, 0.29) is 5.56 Å². The highest BCUT2D eigenvalue weighted by atomic mass is 32.2. The molecule has 170 valence electrons. The van der Waals surface area contributed by atoms with Crippen LogP contribution in [0.25, 0.3) is 22.7 Å². The number of ether oxygens (including phenoxy) is 3. The number of H-pyrrole nitrogens is 1. The largest absolute Gasteiger partial charge is 0.497 e. The van der Waals surface area contributed by atoms with Crippen LogP contribution in [0.15, 0.2) is 62.9 Å². The fraction of sp³-hybridized carbons (Fsp3) is 0.208. The molecule has 0 amide bonds. The van der Waals surface area contributed by atoms with Gasteiger partial charge in [-0.2, -0.15) is 0 Å². The molecular formula is C24H23N3O5S. The van der Waals surface area contributed by atoms with Crippen LogP contribution in [0.2, 0.25) is 0 Å². The minimum Gasteiger partial charge on any atom is -0.497 e. The molecule has 0 unspecified atom stereocenters. The second-order valence-electron chi connectivity index (χ2n) is 7.04. The summed E-state index contributed by atoms with van der Waals surface area (Å²) >= 11 is 1.38. The van der Waals surface area contributed by atoms with E-state index in [9.17, 15) is 4.79 Å². The normalized spacial score (nSPS) is 10.8. The summed E-state index contributed by atoms with van der Waals surface area (Å²) in [5.41, 5.74) is 2.74. The van der Waals surface area contributed by atoms with Crippen LogP contribution < -0.4 is 19.8 Å². The Balaban J connectivity index is 1.53. The number of nitrogens with one attached hydrogen (secondary N) is 1. The molecule has 0 bridgehead atoms. The van der Waals surface area contributed by atoms with Crippen LogP contribution in [-0.4, -0.2) is 36.3 Å². The van der Waals surface area contributed by atoms with Gasteiger partial charge in [0.15, 0.2) is 16.7 Å². The maximum Gasteiger partial charge on any atom is 0.252 e. The average Bonchev–Trinajstić information content (AvgIpc) is 3.22. The van der Waals surface area contributed by atoms with E-state index in [1.807, 2.05) is 43.3 Å². The zero-order valence-corrected chi connectivity index (χ0v) is 19.5. The lowest BCUT2D eigenvalue weighted by atomic mass is 10.1. The third kappa shape index (κ3) is 5.04. The van der Waals surface area contributed by atoms with Gasteiger partial charge in [-0.25, -0.2) is 9.97 Å². The average molecular weight is 466 g/mol. The van der Waals surface area contributed by atoms with E-state index >= 15 is 0 Å². The standard InChI is InChI=1S/C24H23N3O5S/c1-14-19(25-23(32-14)16-7-10-20(30-3)21(11-16)31-4)13-33-24-26-18(12-22(28)27-24)15-5-8-17(29-2)9-6-15/h5-12H,13H2,1-4H3,(H,26,27,28). The molecule has 0 spiro atoms. The zero-order valence-electron chi connectivity index (χ0n) is 18.7. The molecule has 2 heterocycles. The Morgan fingerprint density at radius 3 is 2.33 bits per heavy atom. The number of thioether (sulfide) groups is 1. The topological polar surface area (TPSA) is 99.5 Å². The fourth-order valence-electron chi connectivity index (χ4n) is 3.20. The second-order valence-corrected chi connectivity index (χ2v) is 8.01. The van der Waals surface area contributed by atoms with Crippen LogP contribution in [0.4, 0.5) is 0 Å². The number of nitrogens with zero attached hydrogens (tertiary/aromatic N) is 2. The predicted octanol–water partition coefficient (Wildman–Crippen LogP) is 4.72. The molecule has 4 rings (SSSR count). The third-order valence-electron chi connectivity index (χ3n) is 4.97. The third-order valence-corrected chi connectivity index (χ3v) is 5.86. The van der Waals surface area contributed by atoms with E-state index in [0.29, 0.717) is 39.8 Å². The van der Waals surface area contributed by atoms with Crippen molar-refractivity contribution in [1.29, 1.82) is 0 Å². The SMILES string of the molecule is COc1ccc(-c2cc(=O)[nH]c(SCc3nc(-c4ccc(OC)c(OC)c4)oc3C)n2)cc1. The second kappa shape index (κ2) is 9.83. The number of methoxy groups -OCH3 is 3. The predicted molar refractivity (Wildman–Crippen MR) is 126 cm³/mol. The molecular weight excluding hydrogens is 442 g/mol.